The van der Waals surface area contributed by atoms with Crippen LogP contribution in [-0.4, -0.2) is 16.1 Å². The molecule has 1 aromatic heterocycles. The maximum atomic E-state index is 12.7. The van der Waals surface area contributed by atoms with Gasteiger partial charge in [-0.15, -0.1) is 0 Å². The predicted octanol–water partition coefficient (Wildman–Crippen LogP) is 2.10. The molecule has 1 N–H and O–H groups in total. The van der Waals surface area contributed by atoms with Gasteiger partial charge < -0.3 is 5.32 Å². The van der Waals surface area contributed by atoms with Crippen LogP contribution in [0.15, 0.2) is 41.6 Å². The zero-order valence-corrected chi connectivity index (χ0v) is 11.6. The summed E-state index contributed by atoms with van der Waals surface area (Å²) in [5.41, 5.74) is 0.773. The number of rotatable bonds is 4. The summed E-state index contributed by atoms with van der Waals surface area (Å²) >= 11 is 1.96. The molecule has 0 bridgehead atoms. The van der Waals surface area contributed by atoms with E-state index in [9.17, 15) is 9.18 Å². The normalized spacial score (nSPS) is 10.3. The van der Waals surface area contributed by atoms with Gasteiger partial charge >= 0.3 is 0 Å². The average molecular weight is 359 g/mol. The van der Waals surface area contributed by atoms with E-state index in [4.69, 9.17) is 0 Å². The summed E-state index contributed by atoms with van der Waals surface area (Å²) in [7, 11) is 0. The molecule has 2 rings (SSSR count). The van der Waals surface area contributed by atoms with Crippen LogP contribution in [0.2, 0.25) is 0 Å². The van der Waals surface area contributed by atoms with Gasteiger partial charge in [-0.25, -0.2) is 9.37 Å². The number of aromatic nitrogens is 2. The Labute approximate surface area is 117 Å². The minimum atomic E-state index is -0.265. The first-order valence-electron chi connectivity index (χ1n) is 5.36. The molecule has 0 unspecified atom stereocenters. The minimum absolute atomic E-state index is 0.0495. The van der Waals surface area contributed by atoms with Gasteiger partial charge in [0.1, 0.15) is 5.82 Å². The van der Waals surface area contributed by atoms with Crippen molar-refractivity contribution < 1.29 is 4.39 Å². The molecule has 94 valence electrons. The van der Waals surface area contributed by atoms with E-state index in [1.54, 1.807) is 12.1 Å². The Hall–Kier alpha value is -1.44. The first-order chi connectivity index (χ1) is 8.66. The van der Waals surface area contributed by atoms with Gasteiger partial charge in [0.15, 0.2) is 0 Å². The molecule has 0 spiro atoms. The molecule has 1 aromatic carbocycles. The summed E-state index contributed by atoms with van der Waals surface area (Å²) in [5.74, 6) is -0.265. The Kier molecular flexibility index (Phi) is 4.29. The fourth-order valence-electron chi connectivity index (χ4n) is 1.47. The quantitative estimate of drug-likeness (QED) is 0.851. The van der Waals surface area contributed by atoms with Gasteiger partial charge in [0, 0.05) is 25.0 Å². The number of nitrogens with one attached hydrogen (secondary N) is 1. The Balaban J connectivity index is 1.94. The van der Waals surface area contributed by atoms with E-state index in [-0.39, 0.29) is 11.4 Å². The molecule has 0 amide bonds. The van der Waals surface area contributed by atoms with Crippen LogP contribution in [0.25, 0.3) is 0 Å². The van der Waals surface area contributed by atoms with Crippen LogP contribution in [0.3, 0.4) is 0 Å². The largest absolute Gasteiger partial charge is 0.383 e. The summed E-state index contributed by atoms with van der Waals surface area (Å²) in [6.45, 7) is 1.09. The molecule has 0 radical (unpaired) electrons. The van der Waals surface area contributed by atoms with Crippen LogP contribution in [0.5, 0.6) is 0 Å². The maximum absolute atomic E-state index is 12.7. The second-order valence-corrected chi connectivity index (χ2v) is 4.84. The van der Waals surface area contributed by atoms with E-state index in [2.05, 4.69) is 10.3 Å². The molecule has 0 aliphatic carbocycles. The van der Waals surface area contributed by atoms with Crippen molar-refractivity contribution in [1.82, 2.24) is 9.55 Å². The van der Waals surface area contributed by atoms with Crippen molar-refractivity contribution in [2.24, 2.45) is 0 Å². The smallest absolute Gasteiger partial charge is 0.266 e. The van der Waals surface area contributed by atoms with Crippen LogP contribution in [0.1, 0.15) is 0 Å². The van der Waals surface area contributed by atoms with Gasteiger partial charge in [0.2, 0.25) is 0 Å². The first kappa shape index (κ1) is 13.0. The highest BCUT2D eigenvalue weighted by Crippen LogP contribution is 2.07. The molecule has 0 fully saturated rings. The number of hydrogen-bond acceptors (Lipinski definition) is 3. The molecule has 0 saturated heterocycles. The predicted molar refractivity (Wildman–Crippen MR) is 76.1 cm³/mol. The van der Waals surface area contributed by atoms with Crippen LogP contribution >= 0.6 is 22.6 Å². The maximum Gasteiger partial charge on any atom is 0.266 e. The first-order valence-corrected chi connectivity index (χ1v) is 6.44. The molecule has 0 aliphatic heterocycles. The highest BCUT2D eigenvalue weighted by Gasteiger charge is 2.00. The number of benzene rings is 1. The van der Waals surface area contributed by atoms with Crippen molar-refractivity contribution in [1.29, 1.82) is 0 Å². The zero-order valence-electron chi connectivity index (χ0n) is 9.44. The highest BCUT2D eigenvalue weighted by atomic mass is 127. The van der Waals surface area contributed by atoms with Gasteiger partial charge in [0.05, 0.1) is 9.90 Å². The molecule has 4 nitrogen and oxygen atoms in total. The van der Waals surface area contributed by atoms with Crippen molar-refractivity contribution in [2.45, 2.75) is 6.54 Å². The lowest BCUT2D eigenvalue weighted by Crippen LogP contribution is -2.25. The van der Waals surface area contributed by atoms with Crippen LogP contribution in [0.4, 0.5) is 10.1 Å². The van der Waals surface area contributed by atoms with Crippen LogP contribution in [0, 0.1) is 9.39 Å². The van der Waals surface area contributed by atoms with Crippen LogP contribution in [-0.2, 0) is 6.54 Å². The van der Waals surface area contributed by atoms with Crippen molar-refractivity contribution in [3.8, 4) is 0 Å². The molecular formula is C12H11FIN3O. The monoisotopic (exact) mass is 359 g/mol. The molecule has 0 saturated carbocycles. The molecule has 0 atom stereocenters. The van der Waals surface area contributed by atoms with E-state index in [0.29, 0.717) is 16.7 Å². The number of anilines is 1. The van der Waals surface area contributed by atoms with Crippen molar-refractivity contribution in [3.05, 3.63) is 56.5 Å². The van der Waals surface area contributed by atoms with Crippen molar-refractivity contribution >= 4 is 28.3 Å². The molecule has 18 heavy (non-hydrogen) atoms. The third-order valence-electron chi connectivity index (χ3n) is 2.39. The van der Waals surface area contributed by atoms with Gasteiger partial charge in [-0.3, -0.25) is 9.36 Å². The zero-order chi connectivity index (χ0) is 13.0. The second-order valence-electron chi connectivity index (χ2n) is 3.67. The summed E-state index contributed by atoms with van der Waals surface area (Å²) in [4.78, 5) is 15.7. The van der Waals surface area contributed by atoms with E-state index in [1.165, 1.54) is 29.2 Å². The lowest BCUT2D eigenvalue weighted by molar-refractivity contribution is 0.628. The topological polar surface area (TPSA) is 46.9 Å². The highest BCUT2D eigenvalue weighted by molar-refractivity contribution is 14.1. The third kappa shape index (κ3) is 3.28. The summed E-state index contributed by atoms with van der Waals surface area (Å²) in [5, 5.41) is 3.11. The van der Waals surface area contributed by atoms with Gasteiger partial charge in [-0.05, 0) is 46.9 Å². The summed E-state index contributed by atoms with van der Waals surface area (Å²) in [6, 6.07) is 6.10. The van der Waals surface area contributed by atoms with E-state index in [1.807, 2.05) is 22.6 Å². The Morgan fingerprint density at radius 1 is 1.33 bits per heavy atom. The lowest BCUT2D eigenvalue weighted by Gasteiger charge is -2.08. The van der Waals surface area contributed by atoms with E-state index >= 15 is 0 Å². The van der Waals surface area contributed by atoms with Gasteiger partial charge in [0.25, 0.3) is 5.56 Å². The number of nitrogens with zero attached hydrogens (tertiary/aromatic N) is 2. The molecule has 2 aromatic rings. The van der Waals surface area contributed by atoms with E-state index in [0.717, 1.165) is 5.69 Å². The number of hydrogen-bond donors (Lipinski definition) is 1. The molecular weight excluding hydrogens is 348 g/mol. The SMILES string of the molecule is O=c1c(I)cncn1CCNc1ccc(F)cc1. The molecule has 6 heteroatoms. The summed E-state index contributed by atoms with van der Waals surface area (Å²) in [6.07, 6.45) is 3.05. The lowest BCUT2D eigenvalue weighted by atomic mass is 10.3. The van der Waals surface area contributed by atoms with Gasteiger partial charge in [-0.1, -0.05) is 0 Å². The second kappa shape index (κ2) is 5.94. The standard InChI is InChI=1S/C12H11FIN3O/c13-9-1-3-10(4-2-9)16-5-6-17-8-15-7-11(14)12(17)18/h1-4,7-8,16H,5-6H2. The van der Waals surface area contributed by atoms with E-state index < -0.39 is 0 Å². The minimum Gasteiger partial charge on any atom is -0.383 e. The molecule has 0 aliphatic rings. The number of halogens is 2. The Morgan fingerprint density at radius 3 is 2.78 bits per heavy atom. The fraction of sp³-hybridized carbons (Fsp3) is 0.167. The van der Waals surface area contributed by atoms with Crippen LogP contribution < -0.4 is 10.9 Å². The van der Waals surface area contributed by atoms with Gasteiger partial charge in [-0.2, -0.15) is 0 Å². The Morgan fingerprint density at radius 2 is 2.06 bits per heavy atom. The average Bonchev–Trinajstić information content (AvgIpc) is 2.37. The van der Waals surface area contributed by atoms with Crippen molar-refractivity contribution in [3.63, 3.8) is 0 Å². The summed E-state index contributed by atoms with van der Waals surface area (Å²) < 4.78 is 14.8. The third-order valence-corrected chi connectivity index (χ3v) is 3.13. The Bertz CT molecular complexity index is 583. The molecule has 1 heterocycles. The fourth-order valence-corrected chi connectivity index (χ4v) is 1.94. The van der Waals surface area contributed by atoms with Crippen molar-refractivity contribution in [2.75, 3.05) is 11.9 Å².